The lowest BCUT2D eigenvalue weighted by Gasteiger charge is -2.18. The smallest absolute Gasteiger partial charge is 0.167 e. The average Bonchev–Trinajstić information content (AvgIpc) is 2.60. The van der Waals surface area contributed by atoms with Crippen LogP contribution in [0, 0.1) is 0 Å². The molecule has 2 aromatic carbocycles. The predicted molar refractivity (Wildman–Crippen MR) is 105 cm³/mol. The number of aliphatic hydroxyl groups is 1. The highest BCUT2D eigenvalue weighted by Gasteiger charge is 2.16. The highest BCUT2D eigenvalue weighted by atomic mass is 79.9. The summed E-state index contributed by atoms with van der Waals surface area (Å²) in [5, 5.41) is 13.3. The fourth-order valence-electron chi connectivity index (χ4n) is 2.30. The van der Waals surface area contributed by atoms with E-state index in [4.69, 9.17) is 37.8 Å². The second-order valence-corrected chi connectivity index (χ2v) is 6.97. The number of methoxy groups -OCH3 is 1. The number of hydrogen-bond acceptors (Lipinski definition) is 4. The average molecular weight is 449 g/mol. The Morgan fingerprint density at radius 2 is 1.84 bits per heavy atom. The quantitative estimate of drug-likeness (QED) is 0.540. The highest BCUT2D eigenvalue weighted by Crippen LogP contribution is 2.37. The van der Waals surface area contributed by atoms with Crippen LogP contribution in [-0.2, 0) is 13.2 Å². The summed E-state index contributed by atoms with van der Waals surface area (Å²) >= 11 is 16.0. The lowest BCUT2D eigenvalue weighted by Crippen LogP contribution is -2.17. The maximum Gasteiger partial charge on any atom is 0.167 e. The van der Waals surface area contributed by atoms with Gasteiger partial charge in [0.15, 0.2) is 11.5 Å². The molecule has 0 unspecified atom stereocenters. The van der Waals surface area contributed by atoms with Crippen LogP contribution in [0.3, 0.4) is 0 Å². The molecule has 0 saturated carbocycles. The fraction of sp³-hybridized carbons (Fsp3) is 0.333. The van der Waals surface area contributed by atoms with Gasteiger partial charge in [-0.3, -0.25) is 0 Å². The van der Waals surface area contributed by atoms with Crippen molar-refractivity contribution in [1.82, 2.24) is 5.32 Å². The zero-order valence-electron chi connectivity index (χ0n) is 13.8. The molecule has 2 rings (SSSR count). The Hall–Kier alpha value is -0.980. The molecular weight excluding hydrogens is 429 g/mol. The van der Waals surface area contributed by atoms with Gasteiger partial charge in [-0.15, -0.1) is 0 Å². The van der Waals surface area contributed by atoms with Gasteiger partial charge in [-0.25, -0.2) is 0 Å². The van der Waals surface area contributed by atoms with Crippen LogP contribution in [0.4, 0.5) is 0 Å². The van der Waals surface area contributed by atoms with Crippen molar-refractivity contribution >= 4 is 39.1 Å². The van der Waals surface area contributed by atoms with Gasteiger partial charge in [0.2, 0.25) is 0 Å². The molecule has 2 aromatic rings. The van der Waals surface area contributed by atoms with Crippen molar-refractivity contribution in [1.29, 1.82) is 0 Å². The van der Waals surface area contributed by atoms with E-state index < -0.39 is 0 Å². The first-order chi connectivity index (χ1) is 12.1. The zero-order chi connectivity index (χ0) is 18.2. The molecule has 7 heteroatoms. The van der Waals surface area contributed by atoms with Gasteiger partial charge in [-0.2, -0.15) is 0 Å². The second kappa shape index (κ2) is 10.2. The van der Waals surface area contributed by atoms with E-state index in [1.807, 2.05) is 12.1 Å². The molecule has 0 saturated heterocycles. The van der Waals surface area contributed by atoms with Crippen molar-refractivity contribution < 1.29 is 14.6 Å². The number of nitrogens with one attached hydrogen (secondary N) is 1. The molecule has 0 atom stereocenters. The van der Waals surface area contributed by atoms with Crippen LogP contribution in [-0.4, -0.2) is 25.4 Å². The number of aliphatic hydroxyl groups excluding tert-OH is 1. The molecule has 2 N–H and O–H groups in total. The van der Waals surface area contributed by atoms with E-state index in [9.17, 15) is 0 Å². The summed E-state index contributed by atoms with van der Waals surface area (Å²) in [6.07, 6.45) is 0.688. The van der Waals surface area contributed by atoms with Crippen molar-refractivity contribution in [2.24, 2.45) is 0 Å². The van der Waals surface area contributed by atoms with Gasteiger partial charge < -0.3 is 19.9 Å². The number of ether oxygens (including phenoxy) is 2. The number of rotatable bonds is 9. The molecule has 0 aliphatic carbocycles. The van der Waals surface area contributed by atoms with E-state index in [-0.39, 0.29) is 13.2 Å². The van der Waals surface area contributed by atoms with Gasteiger partial charge in [0, 0.05) is 38.8 Å². The molecule has 136 valence electrons. The Kier molecular flexibility index (Phi) is 8.33. The molecule has 0 spiro atoms. The van der Waals surface area contributed by atoms with E-state index in [0.717, 1.165) is 15.6 Å². The fourth-order valence-corrected chi connectivity index (χ4v) is 3.26. The Morgan fingerprint density at radius 3 is 2.48 bits per heavy atom. The normalized spacial score (nSPS) is 10.8. The van der Waals surface area contributed by atoms with Crippen molar-refractivity contribution in [3.05, 3.63) is 56.0 Å². The summed E-state index contributed by atoms with van der Waals surface area (Å²) < 4.78 is 12.4. The summed E-state index contributed by atoms with van der Waals surface area (Å²) in [7, 11) is 1.60. The largest absolute Gasteiger partial charge is 0.493 e. The Bertz CT molecular complexity index is 693. The van der Waals surface area contributed by atoms with Gasteiger partial charge in [-0.05, 0) is 37.2 Å². The lowest BCUT2D eigenvalue weighted by molar-refractivity contribution is 0.278. The van der Waals surface area contributed by atoms with Crippen molar-refractivity contribution in [3.63, 3.8) is 0 Å². The third-order valence-electron chi connectivity index (χ3n) is 3.62. The molecule has 0 aliphatic rings. The van der Waals surface area contributed by atoms with Crippen molar-refractivity contribution in [3.8, 4) is 11.5 Å². The predicted octanol–water partition coefficient (Wildman–Crippen LogP) is 4.82. The molecular formula is C18H20BrCl2NO3. The molecule has 0 aliphatic heterocycles. The first kappa shape index (κ1) is 20.3. The Balaban J connectivity index is 2.23. The van der Waals surface area contributed by atoms with E-state index >= 15 is 0 Å². The van der Waals surface area contributed by atoms with Crippen molar-refractivity contribution in [2.75, 3.05) is 20.3 Å². The van der Waals surface area contributed by atoms with Crippen LogP contribution in [0.2, 0.25) is 10.0 Å². The second-order valence-electron chi connectivity index (χ2n) is 5.30. The molecule has 0 aromatic heterocycles. The SMILES string of the molecule is COc1ccc(Br)c(CNCCCO)c1OCc1c(Cl)cccc1Cl. The maximum atomic E-state index is 8.90. The summed E-state index contributed by atoms with van der Waals surface area (Å²) in [5.74, 6) is 1.26. The third-order valence-corrected chi connectivity index (χ3v) is 5.07. The van der Waals surface area contributed by atoms with E-state index in [1.54, 1.807) is 25.3 Å². The first-order valence-corrected chi connectivity index (χ1v) is 9.36. The standard InChI is InChI=1S/C18H20BrCl2NO3/c1-24-17-7-6-14(19)12(10-22-8-3-9-23)18(17)25-11-13-15(20)4-2-5-16(13)21/h2,4-7,22-23H,3,8-11H2,1H3. The van der Waals surface area contributed by atoms with Gasteiger partial charge >= 0.3 is 0 Å². The topological polar surface area (TPSA) is 50.7 Å². The van der Waals surface area contributed by atoms with Crippen molar-refractivity contribution in [2.45, 2.75) is 19.6 Å². The van der Waals surface area contributed by atoms with Crippen LogP contribution in [0.1, 0.15) is 17.5 Å². The lowest BCUT2D eigenvalue weighted by atomic mass is 10.1. The number of hydrogen-bond donors (Lipinski definition) is 2. The Labute approximate surface area is 166 Å². The zero-order valence-corrected chi connectivity index (χ0v) is 16.9. The van der Waals surface area contributed by atoms with Crippen LogP contribution in [0.15, 0.2) is 34.8 Å². The van der Waals surface area contributed by atoms with E-state index in [2.05, 4.69) is 21.2 Å². The monoisotopic (exact) mass is 447 g/mol. The molecule has 4 nitrogen and oxygen atoms in total. The summed E-state index contributed by atoms with van der Waals surface area (Å²) in [6.45, 7) is 1.66. The first-order valence-electron chi connectivity index (χ1n) is 7.81. The van der Waals surface area contributed by atoms with Gasteiger partial charge in [0.25, 0.3) is 0 Å². The van der Waals surface area contributed by atoms with Crippen LogP contribution in [0.25, 0.3) is 0 Å². The molecule has 0 amide bonds. The van der Waals surface area contributed by atoms with Crippen LogP contribution >= 0.6 is 39.1 Å². The van der Waals surface area contributed by atoms with E-state index in [1.165, 1.54) is 0 Å². The minimum absolute atomic E-state index is 0.153. The molecule has 0 heterocycles. The highest BCUT2D eigenvalue weighted by molar-refractivity contribution is 9.10. The maximum absolute atomic E-state index is 8.90. The molecule has 0 fully saturated rings. The van der Waals surface area contributed by atoms with Gasteiger partial charge in [0.05, 0.1) is 7.11 Å². The number of benzene rings is 2. The molecule has 25 heavy (non-hydrogen) atoms. The van der Waals surface area contributed by atoms with Gasteiger partial charge in [0.1, 0.15) is 6.61 Å². The van der Waals surface area contributed by atoms with Crippen LogP contribution < -0.4 is 14.8 Å². The minimum atomic E-state index is 0.153. The summed E-state index contributed by atoms with van der Waals surface area (Å²) in [5.41, 5.74) is 1.66. The Morgan fingerprint density at radius 1 is 1.12 bits per heavy atom. The number of halogens is 3. The van der Waals surface area contributed by atoms with Gasteiger partial charge in [-0.1, -0.05) is 45.2 Å². The van der Waals surface area contributed by atoms with Crippen LogP contribution in [0.5, 0.6) is 11.5 Å². The van der Waals surface area contributed by atoms with E-state index in [0.29, 0.717) is 41.1 Å². The molecule has 0 bridgehead atoms. The third kappa shape index (κ3) is 5.50. The minimum Gasteiger partial charge on any atom is -0.493 e. The molecule has 0 radical (unpaired) electrons. The summed E-state index contributed by atoms with van der Waals surface area (Å²) in [6, 6.07) is 9.11. The summed E-state index contributed by atoms with van der Waals surface area (Å²) in [4.78, 5) is 0.